The van der Waals surface area contributed by atoms with Gasteiger partial charge in [0.2, 0.25) is 34.9 Å². The molecule has 0 amide bonds. The number of nitrogens with one attached hydrogen (secondary N) is 4. The second kappa shape index (κ2) is 30.7. The standard InChI is InChI=1S/C90H28F30N8/c91-61-55(62(92)74(104)85(115)73(61)103)49-35-15-11-31(121-35)47(32-12-16-36(122-32)50(56-63(93)75(105)86(116)76(106)64(56)94)40-20-24-44(126-40)53(43-23-19-39(49)125-43)59-69(99)81(111)89(119)82(112)70(59)100)29-7-3-27(4-8-29)1-2-28-5-9-30(10-6-28)48-33-13-17-37(123-33)51(57-65(95)77(107)87(117)78(108)66(57)96)41-21-25-45(127-41)54(60-71(101)83(113)90(120)84(114)72(60)102)46-26-22-42(128-46)52(38-18-14-34(48)124-38)58-67(97)79(109)88(118)80(110)68(58)98/h3-26,121,123,126,128H. The summed E-state index contributed by atoms with van der Waals surface area (Å²) in [5, 5.41) is 0. The normalized spacial score (nSPS) is 12.3. The highest BCUT2D eigenvalue weighted by Gasteiger charge is 2.39. The van der Waals surface area contributed by atoms with Crippen LogP contribution >= 0.6 is 0 Å². The molecule has 0 spiro atoms. The van der Waals surface area contributed by atoms with E-state index in [1.54, 1.807) is 0 Å². The van der Waals surface area contributed by atoms with Crippen LogP contribution in [0.2, 0.25) is 0 Å². The summed E-state index contributed by atoms with van der Waals surface area (Å²) in [7, 11) is 0. The molecule has 4 N–H and O–H groups in total. The summed E-state index contributed by atoms with van der Waals surface area (Å²) in [6, 6.07) is 17.5. The monoisotopic (exact) mass is 1790 g/mol. The van der Waals surface area contributed by atoms with Crippen molar-refractivity contribution in [3.8, 4) is 101 Å². The van der Waals surface area contributed by atoms with E-state index in [-0.39, 0.29) is 55.8 Å². The summed E-state index contributed by atoms with van der Waals surface area (Å²) in [4.78, 5) is 27.6. The fourth-order valence-electron chi connectivity index (χ4n) is 15.1. The highest BCUT2D eigenvalue weighted by Crippen LogP contribution is 2.49. The van der Waals surface area contributed by atoms with Crippen LogP contribution in [0.5, 0.6) is 0 Å². The molecule has 128 heavy (non-hydrogen) atoms. The van der Waals surface area contributed by atoms with Gasteiger partial charge < -0.3 is 19.9 Å². The molecule has 0 fully saturated rings. The van der Waals surface area contributed by atoms with Gasteiger partial charge in [0.1, 0.15) is 0 Å². The third-order valence-corrected chi connectivity index (χ3v) is 21.0. The Bertz CT molecular complexity index is 7230. The summed E-state index contributed by atoms with van der Waals surface area (Å²) >= 11 is 0. The van der Waals surface area contributed by atoms with Crippen LogP contribution in [0.25, 0.3) is 182 Å². The minimum atomic E-state index is -2.71. The number of benzene rings is 8. The van der Waals surface area contributed by atoms with Gasteiger partial charge in [-0.2, -0.15) is 0 Å². The average Bonchev–Trinajstić information content (AvgIpc) is 1.59. The number of halogens is 30. The van der Waals surface area contributed by atoms with Gasteiger partial charge in [0, 0.05) is 99.8 Å². The SMILES string of the molecule is Fc1c(F)c(F)c(-c2c3nc(c(-c4c(F)c(F)c(F)c(F)c4F)c4ccc([nH]4)c(-c4c(F)c(F)c(F)c(F)c4F)c4nc(c(-c5ccc(C#Cc6ccc(-c7c8nc(c(-c9c(F)c(F)c(F)c(F)c9F)c9ccc([nH]9)c(-c9c(F)c(F)c(F)c(F)c9F)c9nc(c(-c%10c(F)c(F)c(F)c(F)c%10F)c%10ccc7[nH]%10)C=C9)C=C8)cc6)cc5)c5ccc2[nH]5)C=C4)C=C3)c(F)c1F. The minimum absolute atomic E-state index is 0.0171. The van der Waals surface area contributed by atoms with Crippen LogP contribution in [0.1, 0.15) is 56.7 Å². The minimum Gasteiger partial charge on any atom is -0.354 e. The molecule has 0 saturated heterocycles. The number of hydrogen-bond acceptors (Lipinski definition) is 4. The van der Waals surface area contributed by atoms with Crippen molar-refractivity contribution >= 4 is 92.7 Å². The quantitative estimate of drug-likeness (QED) is 0.0525. The van der Waals surface area contributed by atoms with E-state index in [1.165, 1.54) is 48.5 Å². The van der Waals surface area contributed by atoms with Gasteiger partial charge in [-0.05, 0) is 133 Å². The van der Waals surface area contributed by atoms with Crippen molar-refractivity contribution in [3.63, 3.8) is 0 Å². The Kier molecular flexibility index (Phi) is 20.0. The molecule has 0 radical (unpaired) electrons. The second-order valence-corrected chi connectivity index (χ2v) is 28.1. The molecule has 0 unspecified atom stereocenters. The molecule has 18 rings (SSSR count). The highest BCUT2D eigenvalue weighted by atomic mass is 19.2. The largest absolute Gasteiger partial charge is 0.354 e. The summed E-state index contributed by atoms with van der Waals surface area (Å²) in [6.45, 7) is 0. The Morgan fingerprint density at radius 3 is 0.414 bits per heavy atom. The Hall–Kier alpha value is -15.6. The second-order valence-electron chi connectivity index (χ2n) is 28.1. The zero-order chi connectivity index (χ0) is 91.0. The molecule has 8 aromatic carbocycles. The number of aromatic nitrogens is 8. The van der Waals surface area contributed by atoms with Crippen LogP contribution in [-0.4, -0.2) is 39.9 Å². The lowest BCUT2D eigenvalue weighted by molar-refractivity contribution is 0.381. The van der Waals surface area contributed by atoms with Gasteiger partial charge >= 0.3 is 0 Å². The predicted octanol–water partition coefficient (Wildman–Crippen LogP) is 26.5. The van der Waals surface area contributed by atoms with Crippen molar-refractivity contribution in [2.45, 2.75) is 0 Å². The van der Waals surface area contributed by atoms with Crippen LogP contribution < -0.4 is 0 Å². The van der Waals surface area contributed by atoms with Gasteiger partial charge in [0.15, 0.2) is 140 Å². The number of H-pyrrole nitrogens is 4. The maximum atomic E-state index is 16.4. The van der Waals surface area contributed by atoms with Gasteiger partial charge in [-0.25, -0.2) is 152 Å². The molecule has 0 atom stereocenters. The highest BCUT2D eigenvalue weighted by molar-refractivity contribution is 6.04. The van der Waals surface area contributed by atoms with Crippen molar-refractivity contribution < 1.29 is 132 Å². The van der Waals surface area contributed by atoms with Gasteiger partial charge in [0.25, 0.3) is 0 Å². The zero-order valence-corrected chi connectivity index (χ0v) is 62.0. The van der Waals surface area contributed by atoms with Crippen LogP contribution in [0.15, 0.2) is 97.1 Å². The first-order chi connectivity index (χ1) is 61.0. The Labute approximate surface area is 690 Å². The first-order valence-corrected chi connectivity index (χ1v) is 36.1. The van der Waals surface area contributed by atoms with Crippen molar-refractivity contribution in [3.05, 3.63) is 328 Å². The van der Waals surface area contributed by atoms with Crippen LogP contribution in [0, 0.1) is 186 Å². The lowest BCUT2D eigenvalue weighted by atomic mass is 10.0. The molecule has 0 saturated carbocycles. The lowest BCUT2D eigenvalue weighted by Crippen LogP contribution is -2.06. The Morgan fingerprint density at radius 1 is 0.141 bits per heavy atom. The van der Waals surface area contributed by atoms with E-state index in [0.717, 1.165) is 85.0 Å². The number of rotatable bonds is 8. The summed E-state index contributed by atoms with van der Waals surface area (Å²) in [5.74, 6) is -71.6. The molecule has 8 nitrogen and oxygen atoms in total. The lowest BCUT2D eigenvalue weighted by Gasteiger charge is -2.11. The fraction of sp³-hybridized carbons (Fsp3) is 0. The van der Waals surface area contributed by atoms with Gasteiger partial charge in [0.05, 0.1) is 78.9 Å². The number of nitrogens with zero attached hydrogens (tertiary/aromatic N) is 4. The first-order valence-electron chi connectivity index (χ1n) is 36.1. The van der Waals surface area contributed by atoms with Crippen LogP contribution in [0.4, 0.5) is 132 Å². The number of aromatic amines is 4. The van der Waals surface area contributed by atoms with Crippen molar-refractivity contribution in [1.29, 1.82) is 0 Å². The third-order valence-electron chi connectivity index (χ3n) is 21.0. The van der Waals surface area contributed by atoms with Crippen molar-refractivity contribution in [2.75, 3.05) is 0 Å². The Morgan fingerprint density at radius 2 is 0.266 bits per heavy atom. The van der Waals surface area contributed by atoms with E-state index >= 15 is 105 Å². The van der Waals surface area contributed by atoms with Crippen molar-refractivity contribution in [1.82, 2.24) is 39.9 Å². The molecule has 10 heterocycles. The Balaban J connectivity index is 0.830. The maximum absolute atomic E-state index is 16.4. The molecule has 6 aromatic heterocycles. The molecular weight excluding hydrogens is 1760 g/mol. The van der Waals surface area contributed by atoms with E-state index in [9.17, 15) is 26.3 Å². The number of fused-ring (bicyclic) bond motifs is 16. The first kappa shape index (κ1) is 83.3. The molecule has 4 aliphatic heterocycles. The van der Waals surface area contributed by atoms with Crippen molar-refractivity contribution in [2.24, 2.45) is 0 Å². The van der Waals surface area contributed by atoms with E-state index in [0.29, 0.717) is 12.2 Å². The third kappa shape index (κ3) is 12.8. The average molecular weight is 1790 g/mol. The topological polar surface area (TPSA) is 115 Å². The van der Waals surface area contributed by atoms with Crippen LogP contribution in [-0.2, 0) is 0 Å². The van der Waals surface area contributed by atoms with Crippen LogP contribution in [0.3, 0.4) is 0 Å². The molecule has 16 bridgehead atoms. The molecule has 638 valence electrons. The molecular formula is C90H28F30N8. The van der Waals surface area contributed by atoms with Gasteiger partial charge in [-0.1, -0.05) is 36.1 Å². The van der Waals surface area contributed by atoms with E-state index < -0.39 is 309 Å². The smallest absolute Gasteiger partial charge is 0.200 e. The number of hydrogen-bond donors (Lipinski definition) is 4. The molecule has 38 heteroatoms. The maximum Gasteiger partial charge on any atom is 0.200 e. The summed E-state index contributed by atoms with van der Waals surface area (Å²) in [6.07, 6.45) is 6.83. The predicted molar refractivity (Wildman–Crippen MR) is 406 cm³/mol. The van der Waals surface area contributed by atoms with Gasteiger partial charge in [-0.3, -0.25) is 0 Å². The zero-order valence-electron chi connectivity index (χ0n) is 62.0. The van der Waals surface area contributed by atoms with Gasteiger partial charge in [-0.15, -0.1) is 0 Å². The molecule has 0 aliphatic carbocycles. The molecule has 14 aromatic rings. The van der Waals surface area contributed by atoms with E-state index in [4.69, 9.17) is 0 Å². The van der Waals surface area contributed by atoms with E-state index in [2.05, 4.69) is 51.7 Å². The summed E-state index contributed by atoms with van der Waals surface area (Å²) < 4.78 is 470. The van der Waals surface area contributed by atoms with E-state index in [1.807, 2.05) is 0 Å². The fourth-order valence-corrected chi connectivity index (χ4v) is 15.1. The summed E-state index contributed by atoms with van der Waals surface area (Å²) in [5.41, 5.74) is -28.8. The molecule has 4 aliphatic rings.